The molecule has 0 bridgehead atoms. The number of aliphatic carboxylic acids is 1. The summed E-state index contributed by atoms with van der Waals surface area (Å²) >= 11 is 0. The van der Waals surface area contributed by atoms with Crippen molar-refractivity contribution in [2.75, 3.05) is 5.32 Å². The molecule has 0 aliphatic heterocycles. The molecule has 7 nitrogen and oxygen atoms in total. The van der Waals surface area contributed by atoms with Crippen LogP contribution in [0, 0.1) is 15.5 Å². The molecule has 0 aromatic carbocycles. The van der Waals surface area contributed by atoms with Gasteiger partial charge in [0.1, 0.15) is 0 Å². The molecule has 1 saturated carbocycles. The van der Waals surface area contributed by atoms with Gasteiger partial charge < -0.3 is 10.4 Å². The van der Waals surface area contributed by atoms with Crippen molar-refractivity contribution in [3.05, 3.63) is 28.4 Å². The highest BCUT2D eigenvalue weighted by atomic mass is 16.6. The largest absolute Gasteiger partial charge is 0.481 e. The number of nitrogens with one attached hydrogen (secondary N) is 1. The van der Waals surface area contributed by atoms with E-state index in [4.69, 9.17) is 0 Å². The molecule has 0 radical (unpaired) electrons. The van der Waals surface area contributed by atoms with Crippen LogP contribution < -0.4 is 5.32 Å². The number of hydrogen-bond acceptors (Lipinski definition) is 5. The molecule has 1 fully saturated rings. The summed E-state index contributed by atoms with van der Waals surface area (Å²) in [5, 5.41) is 23.1. The number of hydrogen-bond donors (Lipinski definition) is 2. The van der Waals surface area contributed by atoms with Crippen LogP contribution in [0.3, 0.4) is 0 Å². The van der Waals surface area contributed by atoms with E-state index in [0.29, 0.717) is 12.8 Å². The summed E-state index contributed by atoms with van der Waals surface area (Å²) in [5.74, 6) is -0.757. The van der Waals surface area contributed by atoms with E-state index in [1.807, 2.05) is 0 Å². The van der Waals surface area contributed by atoms with E-state index in [0.717, 1.165) is 6.42 Å². The van der Waals surface area contributed by atoms with Crippen molar-refractivity contribution in [3.63, 3.8) is 0 Å². The zero-order valence-corrected chi connectivity index (χ0v) is 10.5. The third-order valence-corrected chi connectivity index (χ3v) is 3.74. The Morgan fingerprint density at radius 3 is 3.05 bits per heavy atom. The summed E-state index contributed by atoms with van der Waals surface area (Å²) in [5.41, 5.74) is -1.05. The van der Waals surface area contributed by atoms with E-state index in [-0.39, 0.29) is 17.5 Å². The summed E-state index contributed by atoms with van der Waals surface area (Å²) in [4.78, 5) is 25.7. The van der Waals surface area contributed by atoms with Crippen molar-refractivity contribution in [1.82, 2.24) is 4.98 Å². The fourth-order valence-electron chi connectivity index (χ4n) is 2.47. The lowest BCUT2D eigenvalue weighted by atomic mass is 9.85. The molecule has 1 heterocycles. The van der Waals surface area contributed by atoms with Gasteiger partial charge in [-0.25, -0.2) is 4.98 Å². The number of carbonyl (C=O) groups is 1. The van der Waals surface area contributed by atoms with Crippen molar-refractivity contribution in [1.29, 1.82) is 0 Å². The van der Waals surface area contributed by atoms with Gasteiger partial charge >= 0.3 is 11.7 Å². The van der Waals surface area contributed by atoms with Gasteiger partial charge in [-0.15, -0.1) is 0 Å². The predicted octanol–water partition coefficient (Wildman–Crippen LogP) is 2.05. The van der Waals surface area contributed by atoms with E-state index in [1.54, 1.807) is 6.92 Å². The van der Waals surface area contributed by atoms with Gasteiger partial charge in [0.05, 0.1) is 10.3 Å². The van der Waals surface area contributed by atoms with Crippen LogP contribution in [0.2, 0.25) is 0 Å². The zero-order valence-electron chi connectivity index (χ0n) is 10.5. The second kappa shape index (κ2) is 4.83. The van der Waals surface area contributed by atoms with Crippen LogP contribution in [0.4, 0.5) is 11.5 Å². The fourth-order valence-corrected chi connectivity index (χ4v) is 2.47. The summed E-state index contributed by atoms with van der Waals surface area (Å²) in [6, 6.07) is 2.48. The molecule has 0 amide bonds. The van der Waals surface area contributed by atoms with E-state index in [9.17, 15) is 20.0 Å². The molecule has 0 spiro atoms. The van der Waals surface area contributed by atoms with Crippen LogP contribution in [0.5, 0.6) is 0 Å². The minimum absolute atomic E-state index is 0.131. The molecule has 1 aromatic heterocycles. The Bertz CT molecular complexity index is 519. The second-order valence-corrected chi connectivity index (χ2v) is 4.94. The Morgan fingerprint density at radius 2 is 2.42 bits per heavy atom. The molecule has 2 atom stereocenters. The van der Waals surface area contributed by atoms with Crippen molar-refractivity contribution in [3.8, 4) is 0 Å². The van der Waals surface area contributed by atoms with Gasteiger partial charge in [0.2, 0.25) is 5.82 Å². The van der Waals surface area contributed by atoms with Gasteiger partial charge in [0.15, 0.2) is 0 Å². The average molecular weight is 265 g/mol. The summed E-state index contributed by atoms with van der Waals surface area (Å²) in [6.45, 7) is 1.66. The molecule has 102 valence electrons. The predicted molar refractivity (Wildman–Crippen MR) is 67.9 cm³/mol. The number of nitrogens with zero attached hydrogens (tertiary/aromatic N) is 2. The average Bonchev–Trinajstić information content (AvgIpc) is 2.73. The zero-order chi connectivity index (χ0) is 14.0. The van der Waals surface area contributed by atoms with Crippen molar-refractivity contribution < 1.29 is 14.8 Å². The number of carboxylic acid groups (broad SMARTS) is 1. The molecule has 2 rings (SSSR count). The molecule has 7 heteroatoms. The molecule has 1 aromatic rings. The lowest BCUT2D eigenvalue weighted by Gasteiger charge is -2.27. The Kier molecular flexibility index (Phi) is 3.37. The maximum absolute atomic E-state index is 11.3. The van der Waals surface area contributed by atoms with Crippen molar-refractivity contribution >= 4 is 17.5 Å². The monoisotopic (exact) mass is 265 g/mol. The molecular formula is C12H15N3O4. The summed E-state index contributed by atoms with van der Waals surface area (Å²) in [6.07, 6.45) is 3.45. The first-order valence-corrected chi connectivity index (χ1v) is 6.04. The van der Waals surface area contributed by atoms with Crippen LogP contribution in [0.25, 0.3) is 0 Å². The lowest BCUT2D eigenvalue weighted by molar-refractivity contribution is -0.384. The van der Waals surface area contributed by atoms with Gasteiger partial charge in [0.25, 0.3) is 0 Å². The van der Waals surface area contributed by atoms with Gasteiger partial charge in [-0.05, 0) is 25.8 Å². The van der Waals surface area contributed by atoms with Crippen molar-refractivity contribution in [2.24, 2.45) is 5.41 Å². The lowest BCUT2D eigenvalue weighted by Crippen LogP contribution is -2.40. The van der Waals surface area contributed by atoms with Crippen LogP contribution in [0.1, 0.15) is 26.2 Å². The number of carboxylic acids is 1. The quantitative estimate of drug-likeness (QED) is 0.637. The highest BCUT2D eigenvalue weighted by molar-refractivity contribution is 5.76. The molecule has 0 saturated heterocycles. The number of anilines is 1. The third-order valence-electron chi connectivity index (χ3n) is 3.74. The summed E-state index contributed by atoms with van der Waals surface area (Å²) < 4.78 is 0. The van der Waals surface area contributed by atoms with Crippen LogP contribution in [-0.2, 0) is 4.79 Å². The highest BCUT2D eigenvalue weighted by Gasteiger charge is 2.45. The normalized spacial score (nSPS) is 26.1. The van der Waals surface area contributed by atoms with E-state index in [2.05, 4.69) is 10.3 Å². The first-order valence-electron chi connectivity index (χ1n) is 6.04. The Labute approximate surface area is 109 Å². The van der Waals surface area contributed by atoms with Gasteiger partial charge in [-0.1, -0.05) is 6.42 Å². The SMILES string of the molecule is CC1(C(=O)O)CCCC1Nc1ncccc1[N+](=O)[O-]. The fraction of sp³-hybridized carbons (Fsp3) is 0.500. The maximum atomic E-state index is 11.3. The van der Waals surface area contributed by atoms with E-state index >= 15 is 0 Å². The number of rotatable bonds is 4. The Hall–Kier alpha value is -2.18. The van der Waals surface area contributed by atoms with Gasteiger partial charge in [-0.2, -0.15) is 0 Å². The summed E-state index contributed by atoms with van der Waals surface area (Å²) in [7, 11) is 0. The molecule has 1 aliphatic carbocycles. The number of pyridine rings is 1. The van der Waals surface area contributed by atoms with Gasteiger partial charge in [-0.3, -0.25) is 14.9 Å². The minimum Gasteiger partial charge on any atom is -0.481 e. The van der Waals surface area contributed by atoms with Crippen LogP contribution in [-0.4, -0.2) is 27.0 Å². The minimum atomic E-state index is -0.911. The maximum Gasteiger partial charge on any atom is 0.311 e. The third kappa shape index (κ3) is 2.35. The van der Waals surface area contributed by atoms with Crippen LogP contribution in [0.15, 0.2) is 18.3 Å². The first kappa shape index (κ1) is 13.3. The Balaban J connectivity index is 2.27. The Morgan fingerprint density at radius 1 is 1.68 bits per heavy atom. The molecule has 2 N–H and O–H groups in total. The number of nitro groups is 1. The smallest absolute Gasteiger partial charge is 0.311 e. The first-order chi connectivity index (χ1) is 8.95. The van der Waals surface area contributed by atoms with Gasteiger partial charge in [0, 0.05) is 18.3 Å². The molecule has 1 aliphatic rings. The highest BCUT2D eigenvalue weighted by Crippen LogP contribution is 2.40. The van der Waals surface area contributed by atoms with E-state index in [1.165, 1.54) is 18.3 Å². The molecular weight excluding hydrogens is 250 g/mol. The molecule has 2 unspecified atom stereocenters. The topological polar surface area (TPSA) is 105 Å². The standard InChI is InChI=1S/C12H15N3O4/c1-12(11(16)17)6-2-5-9(12)14-10-8(15(18)19)4-3-7-13-10/h3-4,7,9H,2,5-6H2,1H3,(H,13,14)(H,16,17). The number of aromatic nitrogens is 1. The molecule has 19 heavy (non-hydrogen) atoms. The second-order valence-electron chi connectivity index (χ2n) is 4.94. The van der Waals surface area contributed by atoms with E-state index < -0.39 is 16.3 Å². The van der Waals surface area contributed by atoms with Crippen molar-refractivity contribution in [2.45, 2.75) is 32.2 Å². The van der Waals surface area contributed by atoms with Crippen LogP contribution >= 0.6 is 0 Å².